The third kappa shape index (κ3) is 2.74. The van der Waals surface area contributed by atoms with Crippen LogP contribution in [0.3, 0.4) is 0 Å². The van der Waals surface area contributed by atoms with E-state index in [9.17, 15) is 29.4 Å². The van der Waals surface area contributed by atoms with Gasteiger partial charge in [-0.3, -0.25) is 19.2 Å². The zero-order chi connectivity index (χ0) is 24.5. The van der Waals surface area contributed by atoms with Crippen LogP contribution >= 0.6 is 0 Å². The van der Waals surface area contributed by atoms with Crippen molar-refractivity contribution in [3.8, 4) is 0 Å². The summed E-state index contributed by atoms with van der Waals surface area (Å²) in [5.41, 5.74) is -8.84. The van der Waals surface area contributed by atoms with Crippen molar-refractivity contribution in [3.63, 3.8) is 0 Å². The summed E-state index contributed by atoms with van der Waals surface area (Å²) in [6.07, 6.45) is -2.03. The number of carbonyl (C=O) groups is 4. The third-order valence-electron chi connectivity index (χ3n) is 8.22. The summed E-state index contributed by atoms with van der Waals surface area (Å²) >= 11 is 0. The molecule has 0 bridgehead atoms. The van der Waals surface area contributed by atoms with Crippen LogP contribution in [-0.4, -0.2) is 69.3 Å². The van der Waals surface area contributed by atoms with Gasteiger partial charge in [0.25, 0.3) is 6.47 Å². The molecule has 0 unspecified atom stereocenters. The van der Waals surface area contributed by atoms with Gasteiger partial charge in [0, 0.05) is 18.3 Å². The molecule has 3 fully saturated rings. The first-order chi connectivity index (χ1) is 14.6. The largest absolute Gasteiger partial charge is 0.460 e. The van der Waals surface area contributed by atoms with Crippen LogP contribution in [0, 0.1) is 16.7 Å². The molecule has 2 N–H and O–H groups in total. The fourth-order valence-electron chi connectivity index (χ4n) is 6.65. The Labute approximate surface area is 187 Å². The highest BCUT2D eigenvalue weighted by molar-refractivity contribution is 6.44. The minimum absolute atomic E-state index is 0.203. The topological polar surface area (TPSA) is 136 Å². The minimum Gasteiger partial charge on any atom is -0.460 e. The van der Waals surface area contributed by atoms with Crippen LogP contribution < -0.4 is 0 Å². The lowest BCUT2D eigenvalue weighted by atomic mass is 9.39. The molecule has 3 rings (SSSR count). The molecule has 178 valence electrons. The lowest BCUT2D eigenvalue weighted by Crippen LogP contribution is -2.88. The molecular formula is C23H32O9. The average molecular weight is 453 g/mol. The number of Topliss-reactive ketones (excluding diaryl/α,β-unsaturated/α-hetero) is 2. The Morgan fingerprint density at radius 3 is 2.28 bits per heavy atom. The van der Waals surface area contributed by atoms with Gasteiger partial charge in [-0.05, 0) is 32.1 Å². The van der Waals surface area contributed by atoms with Crippen molar-refractivity contribution in [2.75, 3.05) is 0 Å². The molecule has 2 aliphatic carbocycles. The summed E-state index contributed by atoms with van der Waals surface area (Å²) < 4.78 is 17.1. The predicted molar refractivity (Wildman–Crippen MR) is 110 cm³/mol. The van der Waals surface area contributed by atoms with Gasteiger partial charge in [-0.2, -0.15) is 0 Å². The van der Waals surface area contributed by atoms with Gasteiger partial charge >= 0.3 is 5.97 Å². The first kappa shape index (κ1) is 24.5. The van der Waals surface area contributed by atoms with Gasteiger partial charge in [0.05, 0.1) is 6.10 Å². The van der Waals surface area contributed by atoms with E-state index < -0.39 is 69.4 Å². The summed E-state index contributed by atoms with van der Waals surface area (Å²) in [7, 11) is 0. The van der Waals surface area contributed by atoms with Gasteiger partial charge in [-0.25, -0.2) is 0 Å². The summed E-state index contributed by atoms with van der Waals surface area (Å²) in [5.74, 6) is -3.82. The summed E-state index contributed by atoms with van der Waals surface area (Å²) in [6.45, 7) is 12.8. The maximum absolute atomic E-state index is 13.7. The smallest absolute Gasteiger partial charge is 0.303 e. The molecule has 9 nitrogen and oxygen atoms in total. The maximum Gasteiger partial charge on any atom is 0.303 e. The number of esters is 1. The molecule has 0 aromatic rings. The maximum atomic E-state index is 13.7. The second-order valence-corrected chi connectivity index (χ2v) is 10.4. The number of ether oxygens (including phenoxy) is 3. The third-order valence-corrected chi connectivity index (χ3v) is 8.22. The summed E-state index contributed by atoms with van der Waals surface area (Å²) in [5, 5.41) is 23.4. The Kier molecular flexibility index (Phi) is 5.52. The number of aliphatic hydroxyl groups excluding tert-OH is 1. The van der Waals surface area contributed by atoms with E-state index in [-0.39, 0.29) is 12.9 Å². The molecule has 0 radical (unpaired) electrons. The normalized spacial score (nSPS) is 47.6. The summed E-state index contributed by atoms with van der Waals surface area (Å²) in [6, 6.07) is 0. The molecule has 0 aromatic carbocycles. The fraction of sp³-hybridized carbons (Fsp3) is 0.739. The number of aliphatic hydroxyl groups is 2. The van der Waals surface area contributed by atoms with Crippen molar-refractivity contribution >= 4 is 24.0 Å². The van der Waals surface area contributed by atoms with Gasteiger partial charge < -0.3 is 24.4 Å². The highest BCUT2D eigenvalue weighted by atomic mass is 16.6. The highest BCUT2D eigenvalue weighted by Gasteiger charge is 2.83. The molecule has 0 aromatic heterocycles. The molecule has 9 heteroatoms. The molecule has 2 saturated carbocycles. The average Bonchev–Trinajstić information content (AvgIpc) is 2.70. The minimum atomic E-state index is -2.59. The van der Waals surface area contributed by atoms with Gasteiger partial charge in [-0.15, -0.1) is 0 Å². The van der Waals surface area contributed by atoms with E-state index in [0.717, 1.165) is 13.0 Å². The van der Waals surface area contributed by atoms with Crippen LogP contribution in [0.15, 0.2) is 12.7 Å². The van der Waals surface area contributed by atoms with Crippen molar-refractivity contribution < 1.29 is 43.6 Å². The van der Waals surface area contributed by atoms with Crippen molar-refractivity contribution in [2.45, 2.75) is 89.5 Å². The van der Waals surface area contributed by atoms with Crippen molar-refractivity contribution in [1.29, 1.82) is 0 Å². The van der Waals surface area contributed by atoms with E-state index in [0.29, 0.717) is 6.42 Å². The zero-order valence-corrected chi connectivity index (χ0v) is 19.3. The number of hydrogen-bond acceptors (Lipinski definition) is 9. The van der Waals surface area contributed by atoms with Crippen molar-refractivity contribution in [3.05, 3.63) is 12.7 Å². The summed E-state index contributed by atoms with van der Waals surface area (Å²) in [4.78, 5) is 50.5. The Morgan fingerprint density at radius 1 is 1.19 bits per heavy atom. The van der Waals surface area contributed by atoms with Gasteiger partial charge in [0.1, 0.15) is 11.7 Å². The molecule has 32 heavy (non-hydrogen) atoms. The van der Waals surface area contributed by atoms with Gasteiger partial charge in [0.2, 0.25) is 11.6 Å². The molecule has 1 saturated heterocycles. The van der Waals surface area contributed by atoms with E-state index in [1.165, 1.54) is 20.8 Å². The lowest BCUT2D eigenvalue weighted by molar-refractivity contribution is -0.362. The van der Waals surface area contributed by atoms with Crippen LogP contribution in [0.5, 0.6) is 0 Å². The van der Waals surface area contributed by atoms with Crippen LogP contribution in [-0.2, 0) is 33.4 Å². The molecule has 0 amide bonds. The first-order valence-electron chi connectivity index (χ1n) is 10.7. The van der Waals surface area contributed by atoms with E-state index in [2.05, 4.69) is 6.58 Å². The van der Waals surface area contributed by atoms with E-state index in [1.807, 2.05) is 13.8 Å². The fourth-order valence-corrected chi connectivity index (χ4v) is 6.65. The Bertz CT molecular complexity index is 881. The van der Waals surface area contributed by atoms with Crippen LogP contribution in [0.2, 0.25) is 0 Å². The quantitative estimate of drug-likeness (QED) is 0.276. The van der Waals surface area contributed by atoms with E-state index in [4.69, 9.17) is 14.2 Å². The van der Waals surface area contributed by atoms with Crippen LogP contribution in [0.4, 0.5) is 0 Å². The molecule has 0 spiro atoms. The van der Waals surface area contributed by atoms with Crippen LogP contribution in [0.25, 0.3) is 0 Å². The SMILES string of the molecule is C=C[C@]1(C)O[C@]2(C)[C@@H](OC(C)=O)[C@@H](OC=O)[C@H]3C(C)(C)CC[C@H](O)[C@]3(C)[C@]2(O)C(=O)C1=O. The first-order valence-corrected chi connectivity index (χ1v) is 10.7. The van der Waals surface area contributed by atoms with Crippen molar-refractivity contribution in [2.24, 2.45) is 16.7 Å². The molecule has 3 aliphatic rings. The zero-order valence-electron chi connectivity index (χ0n) is 19.3. The molecular weight excluding hydrogens is 420 g/mol. The number of ketones is 2. The van der Waals surface area contributed by atoms with E-state index in [1.54, 1.807) is 0 Å². The number of fused-ring (bicyclic) bond motifs is 3. The number of rotatable bonds is 4. The molecule has 1 aliphatic heterocycles. The Hall–Kier alpha value is -2.10. The second-order valence-electron chi connectivity index (χ2n) is 10.4. The molecule has 8 atom stereocenters. The van der Waals surface area contributed by atoms with Gasteiger partial charge in [-0.1, -0.05) is 33.4 Å². The predicted octanol–water partition coefficient (Wildman–Crippen LogP) is 0.880. The van der Waals surface area contributed by atoms with Gasteiger partial charge in [0.15, 0.2) is 17.3 Å². The lowest BCUT2D eigenvalue weighted by Gasteiger charge is -2.70. The number of carbonyl (C=O) groups excluding carboxylic acids is 4. The Morgan fingerprint density at radius 2 is 1.78 bits per heavy atom. The van der Waals surface area contributed by atoms with Crippen LogP contribution in [0.1, 0.15) is 54.4 Å². The molecule has 1 heterocycles. The number of hydrogen-bond donors (Lipinski definition) is 2. The second kappa shape index (κ2) is 7.20. The van der Waals surface area contributed by atoms with Crippen molar-refractivity contribution in [1.82, 2.24) is 0 Å². The monoisotopic (exact) mass is 452 g/mol. The highest BCUT2D eigenvalue weighted by Crippen LogP contribution is 2.67. The van der Waals surface area contributed by atoms with E-state index >= 15 is 0 Å². The Balaban J connectivity index is 2.43. The standard InChI is InChI=1S/C23H32O9/c1-8-20(5)16(27)17(28)23(29)21(6)13(26)9-10-19(3,4)15(21)14(30-11-24)18(31-12(2)25)22(23,7)32-20/h8,11,13-15,18,26,29H,1,9-10H2,2-7H3/t13-,14-,15-,18-,20-,21-,22+,23+/m0/s1.